The van der Waals surface area contributed by atoms with Crippen molar-refractivity contribution in [3.05, 3.63) is 53.3 Å². The second-order valence-corrected chi connectivity index (χ2v) is 3.31. The summed E-state index contributed by atoms with van der Waals surface area (Å²) >= 11 is 0. The minimum absolute atomic E-state index is 0.674. The zero-order chi connectivity index (χ0) is 10.6. The van der Waals surface area contributed by atoms with Gasteiger partial charge in [-0.1, -0.05) is 30.9 Å². The largest absolute Gasteiger partial charge is 0.497 e. The Morgan fingerprint density at radius 3 is 2.36 bits per heavy atom. The van der Waals surface area contributed by atoms with Gasteiger partial charge in [0.2, 0.25) is 0 Å². The van der Waals surface area contributed by atoms with Crippen LogP contribution in [0.25, 0.3) is 6.08 Å². The third-order valence-electron chi connectivity index (χ3n) is 2.24. The number of ether oxygens (including phenoxy) is 1. The summed E-state index contributed by atoms with van der Waals surface area (Å²) in [5, 5.41) is 0. The molecule has 0 heterocycles. The van der Waals surface area contributed by atoms with Crippen molar-refractivity contribution in [1.29, 1.82) is 0 Å². The van der Waals surface area contributed by atoms with E-state index in [4.69, 9.17) is 4.74 Å². The molecule has 1 rings (SSSR count). The highest BCUT2D eigenvalue weighted by Crippen LogP contribution is 2.15. The maximum Gasteiger partial charge on any atom is 0.111 e. The first-order chi connectivity index (χ1) is 6.65. The molecule has 0 bridgehead atoms. The third kappa shape index (κ3) is 2.49. The Kier molecular flexibility index (Phi) is 3.52. The van der Waals surface area contributed by atoms with Crippen LogP contribution in [-0.2, 0) is 4.74 Å². The van der Waals surface area contributed by atoms with Crippen LogP contribution in [0.1, 0.15) is 16.7 Å². The van der Waals surface area contributed by atoms with Gasteiger partial charge in [0.15, 0.2) is 0 Å². The first-order valence-electron chi connectivity index (χ1n) is 4.62. The minimum atomic E-state index is 0.674. The Labute approximate surface area is 85.7 Å². The molecule has 0 fully saturated rings. The molecule has 1 nitrogen and oxygen atoms in total. The van der Waals surface area contributed by atoms with E-state index < -0.39 is 0 Å². The van der Waals surface area contributed by atoms with Crippen molar-refractivity contribution in [3.63, 3.8) is 0 Å². The molecule has 74 valence electrons. The third-order valence-corrected chi connectivity index (χ3v) is 2.24. The van der Waals surface area contributed by atoms with Crippen LogP contribution in [0.4, 0.5) is 0 Å². The van der Waals surface area contributed by atoms with Crippen molar-refractivity contribution in [3.8, 4) is 0 Å². The fourth-order valence-corrected chi connectivity index (χ4v) is 1.33. The highest BCUT2D eigenvalue weighted by Gasteiger charge is 1.96. The van der Waals surface area contributed by atoms with Gasteiger partial charge in [-0.25, -0.2) is 0 Å². The summed E-state index contributed by atoms with van der Waals surface area (Å²) in [7, 11) is 1.62. The van der Waals surface area contributed by atoms with Crippen LogP contribution in [0.5, 0.6) is 0 Å². The van der Waals surface area contributed by atoms with Crippen LogP contribution in [0.2, 0.25) is 0 Å². The summed E-state index contributed by atoms with van der Waals surface area (Å²) in [5.74, 6) is 0.674. The van der Waals surface area contributed by atoms with E-state index in [1.165, 1.54) is 16.7 Å². The fraction of sp³-hybridized carbons (Fsp3) is 0.231. The maximum absolute atomic E-state index is 4.97. The average Bonchev–Trinajstić information content (AvgIpc) is 2.16. The first-order valence-corrected chi connectivity index (χ1v) is 4.62. The van der Waals surface area contributed by atoms with Gasteiger partial charge >= 0.3 is 0 Å². The summed E-state index contributed by atoms with van der Waals surface area (Å²) in [5.41, 5.74) is 3.78. The van der Waals surface area contributed by atoms with E-state index in [1.54, 1.807) is 7.11 Å². The summed E-state index contributed by atoms with van der Waals surface area (Å²) in [6.07, 6.45) is 3.92. The van der Waals surface area contributed by atoms with E-state index in [0.717, 1.165) is 0 Å². The molecule has 0 saturated carbocycles. The zero-order valence-corrected chi connectivity index (χ0v) is 9.00. The molecular formula is C13H16O. The summed E-state index contributed by atoms with van der Waals surface area (Å²) in [6.45, 7) is 7.94. The zero-order valence-electron chi connectivity index (χ0n) is 9.00. The van der Waals surface area contributed by atoms with Gasteiger partial charge in [0.25, 0.3) is 0 Å². The molecule has 1 heteroatoms. The second kappa shape index (κ2) is 4.66. The van der Waals surface area contributed by atoms with E-state index >= 15 is 0 Å². The van der Waals surface area contributed by atoms with Crippen molar-refractivity contribution in [2.75, 3.05) is 7.11 Å². The molecule has 1 aromatic rings. The summed E-state index contributed by atoms with van der Waals surface area (Å²) < 4.78 is 4.97. The van der Waals surface area contributed by atoms with E-state index in [0.29, 0.717) is 5.76 Å². The van der Waals surface area contributed by atoms with Crippen molar-refractivity contribution in [1.82, 2.24) is 0 Å². The van der Waals surface area contributed by atoms with Crippen molar-refractivity contribution < 1.29 is 4.74 Å². The second-order valence-electron chi connectivity index (χ2n) is 3.31. The van der Waals surface area contributed by atoms with Crippen LogP contribution in [0, 0.1) is 13.8 Å². The van der Waals surface area contributed by atoms with Crippen molar-refractivity contribution >= 4 is 6.08 Å². The van der Waals surface area contributed by atoms with Crippen LogP contribution in [-0.4, -0.2) is 7.11 Å². The number of aryl methyl sites for hydroxylation is 2. The molecular weight excluding hydrogens is 172 g/mol. The first kappa shape index (κ1) is 10.6. The van der Waals surface area contributed by atoms with Gasteiger partial charge in [0, 0.05) is 0 Å². The molecule has 0 aromatic heterocycles. The molecule has 0 unspecified atom stereocenters. The molecule has 0 amide bonds. The molecule has 0 spiro atoms. The number of methoxy groups -OCH3 is 1. The standard InChI is InChI=1S/C13H16O/c1-10-6-5-7-11(2)13(10)9-8-12(3)14-4/h5-9H,3H2,1-2,4H3/b9-8+. The van der Waals surface area contributed by atoms with Gasteiger partial charge in [-0.2, -0.15) is 0 Å². The Balaban J connectivity index is 2.96. The Morgan fingerprint density at radius 1 is 1.29 bits per heavy atom. The topological polar surface area (TPSA) is 9.23 Å². The predicted molar refractivity (Wildman–Crippen MR) is 61.1 cm³/mol. The van der Waals surface area contributed by atoms with Gasteiger partial charge < -0.3 is 4.74 Å². The number of benzene rings is 1. The highest BCUT2D eigenvalue weighted by atomic mass is 16.5. The Hall–Kier alpha value is -1.50. The van der Waals surface area contributed by atoms with E-state index in [-0.39, 0.29) is 0 Å². The number of hydrogen-bond acceptors (Lipinski definition) is 1. The van der Waals surface area contributed by atoms with E-state index in [9.17, 15) is 0 Å². The molecule has 0 atom stereocenters. The number of rotatable bonds is 3. The van der Waals surface area contributed by atoms with Gasteiger partial charge in [0.05, 0.1) is 7.11 Å². The predicted octanol–water partition coefficient (Wildman–Crippen LogP) is 3.48. The van der Waals surface area contributed by atoms with E-state index in [2.05, 4.69) is 38.6 Å². The highest BCUT2D eigenvalue weighted by molar-refractivity contribution is 5.59. The normalized spacial score (nSPS) is 10.5. The van der Waals surface area contributed by atoms with Gasteiger partial charge in [-0.3, -0.25) is 0 Å². The Bertz CT molecular complexity index is 341. The monoisotopic (exact) mass is 188 g/mol. The lowest BCUT2D eigenvalue weighted by atomic mass is 10.0. The summed E-state index contributed by atoms with van der Waals surface area (Å²) in [6, 6.07) is 6.26. The lowest BCUT2D eigenvalue weighted by molar-refractivity contribution is 0.309. The molecule has 0 radical (unpaired) electrons. The molecule has 0 N–H and O–H groups in total. The van der Waals surface area contributed by atoms with Crippen molar-refractivity contribution in [2.24, 2.45) is 0 Å². The van der Waals surface area contributed by atoms with Crippen LogP contribution in [0.15, 0.2) is 36.6 Å². The lowest BCUT2D eigenvalue weighted by Gasteiger charge is -2.04. The summed E-state index contributed by atoms with van der Waals surface area (Å²) in [4.78, 5) is 0. The number of allylic oxidation sites excluding steroid dienone is 1. The molecule has 0 aliphatic rings. The molecule has 1 aromatic carbocycles. The van der Waals surface area contributed by atoms with Crippen LogP contribution in [0.3, 0.4) is 0 Å². The molecule has 0 aliphatic carbocycles. The van der Waals surface area contributed by atoms with E-state index in [1.807, 2.05) is 12.2 Å². The van der Waals surface area contributed by atoms with Gasteiger partial charge in [-0.05, 0) is 36.6 Å². The molecule has 0 saturated heterocycles. The lowest BCUT2D eigenvalue weighted by Crippen LogP contribution is -1.85. The maximum atomic E-state index is 4.97. The van der Waals surface area contributed by atoms with Gasteiger partial charge in [0.1, 0.15) is 5.76 Å². The van der Waals surface area contributed by atoms with Crippen molar-refractivity contribution in [2.45, 2.75) is 13.8 Å². The van der Waals surface area contributed by atoms with Crippen LogP contribution >= 0.6 is 0 Å². The quantitative estimate of drug-likeness (QED) is 0.521. The van der Waals surface area contributed by atoms with Crippen LogP contribution < -0.4 is 0 Å². The average molecular weight is 188 g/mol. The minimum Gasteiger partial charge on any atom is -0.497 e. The molecule has 0 aliphatic heterocycles. The fourth-order valence-electron chi connectivity index (χ4n) is 1.33. The number of hydrogen-bond donors (Lipinski definition) is 0. The SMILES string of the molecule is C=C(/C=C/c1c(C)cccc1C)OC. The Morgan fingerprint density at radius 2 is 1.86 bits per heavy atom. The smallest absolute Gasteiger partial charge is 0.111 e. The van der Waals surface area contributed by atoms with Gasteiger partial charge in [-0.15, -0.1) is 0 Å². The molecule has 14 heavy (non-hydrogen) atoms.